The standard InChI is InChI=1S/C20H20N6O2S/c1-20(2,3)16-10-29-19-22-8-15(18(28)26(16)19)17(27)24-14-6-4-13(5-7-14)9-25-12-21-11-23-25/h4-8,10-12H,9H2,1-3H3,(H,24,27). The summed E-state index contributed by atoms with van der Waals surface area (Å²) in [5.74, 6) is -0.480. The molecule has 0 saturated heterocycles. The van der Waals surface area contributed by atoms with E-state index in [-0.39, 0.29) is 16.5 Å². The lowest BCUT2D eigenvalue weighted by atomic mass is 9.93. The Morgan fingerprint density at radius 2 is 1.97 bits per heavy atom. The number of benzene rings is 1. The van der Waals surface area contributed by atoms with Crippen LogP contribution < -0.4 is 10.9 Å². The summed E-state index contributed by atoms with van der Waals surface area (Å²) in [6, 6.07) is 7.36. The van der Waals surface area contributed by atoms with Gasteiger partial charge in [-0.2, -0.15) is 5.10 Å². The fraction of sp³-hybridized carbons (Fsp3) is 0.250. The van der Waals surface area contributed by atoms with Gasteiger partial charge in [0.05, 0.1) is 6.54 Å². The number of fused-ring (bicyclic) bond motifs is 1. The second-order valence-electron chi connectivity index (χ2n) is 7.71. The maximum absolute atomic E-state index is 13.0. The van der Waals surface area contributed by atoms with E-state index in [9.17, 15) is 9.59 Å². The SMILES string of the molecule is CC(C)(C)c1csc2ncc(C(=O)Nc3ccc(Cn4cncn4)cc3)c(=O)n12. The van der Waals surface area contributed by atoms with Crippen LogP contribution in [0.15, 0.2) is 53.3 Å². The van der Waals surface area contributed by atoms with Crippen LogP contribution in [0.2, 0.25) is 0 Å². The average Bonchev–Trinajstić information content (AvgIpc) is 3.33. The van der Waals surface area contributed by atoms with Gasteiger partial charge in [0.25, 0.3) is 11.5 Å². The van der Waals surface area contributed by atoms with E-state index >= 15 is 0 Å². The zero-order valence-electron chi connectivity index (χ0n) is 16.3. The maximum Gasteiger partial charge on any atom is 0.271 e. The maximum atomic E-state index is 13.0. The zero-order chi connectivity index (χ0) is 20.6. The van der Waals surface area contributed by atoms with Crippen LogP contribution in [-0.2, 0) is 12.0 Å². The predicted molar refractivity (Wildman–Crippen MR) is 112 cm³/mol. The number of carbonyl (C=O) groups is 1. The smallest absolute Gasteiger partial charge is 0.271 e. The first-order chi connectivity index (χ1) is 13.8. The van der Waals surface area contributed by atoms with Crippen molar-refractivity contribution >= 4 is 27.9 Å². The Balaban J connectivity index is 1.58. The molecule has 0 unspecified atom stereocenters. The van der Waals surface area contributed by atoms with E-state index in [4.69, 9.17) is 0 Å². The molecule has 0 aliphatic carbocycles. The zero-order valence-corrected chi connectivity index (χ0v) is 17.1. The molecule has 8 nitrogen and oxygen atoms in total. The van der Waals surface area contributed by atoms with Crippen LogP contribution in [0.25, 0.3) is 4.96 Å². The van der Waals surface area contributed by atoms with E-state index in [2.05, 4.69) is 20.4 Å². The lowest BCUT2D eigenvalue weighted by Gasteiger charge is -2.17. The third-order valence-corrected chi connectivity index (χ3v) is 5.32. The van der Waals surface area contributed by atoms with E-state index in [0.29, 0.717) is 17.2 Å². The number of hydrogen-bond acceptors (Lipinski definition) is 6. The van der Waals surface area contributed by atoms with Gasteiger partial charge in [0.2, 0.25) is 0 Å². The summed E-state index contributed by atoms with van der Waals surface area (Å²) in [5, 5.41) is 8.76. The van der Waals surface area contributed by atoms with Crippen LogP contribution in [0.3, 0.4) is 0 Å². The number of nitrogens with one attached hydrogen (secondary N) is 1. The molecular formula is C20H20N6O2S. The first-order valence-corrected chi connectivity index (χ1v) is 9.93. The average molecular weight is 408 g/mol. The van der Waals surface area contributed by atoms with Crippen LogP contribution in [0, 0.1) is 0 Å². The van der Waals surface area contributed by atoms with Gasteiger partial charge in [-0.05, 0) is 17.7 Å². The predicted octanol–water partition coefficient (Wildman–Crippen LogP) is 2.95. The molecule has 0 fully saturated rings. The third-order valence-electron chi connectivity index (χ3n) is 4.48. The van der Waals surface area contributed by atoms with E-state index in [1.807, 2.05) is 38.3 Å². The molecule has 3 aromatic heterocycles. The quantitative estimate of drug-likeness (QED) is 0.560. The Hall–Kier alpha value is -3.33. The molecule has 1 N–H and O–H groups in total. The van der Waals surface area contributed by atoms with Crippen molar-refractivity contribution in [2.45, 2.75) is 32.7 Å². The van der Waals surface area contributed by atoms with Crippen molar-refractivity contribution in [1.29, 1.82) is 0 Å². The van der Waals surface area contributed by atoms with Crippen molar-refractivity contribution in [3.63, 3.8) is 0 Å². The Morgan fingerprint density at radius 1 is 1.21 bits per heavy atom. The minimum atomic E-state index is -0.480. The number of rotatable bonds is 4. The minimum absolute atomic E-state index is 0.0121. The summed E-state index contributed by atoms with van der Waals surface area (Å²) >= 11 is 1.39. The largest absolute Gasteiger partial charge is 0.322 e. The lowest BCUT2D eigenvalue weighted by Crippen LogP contribution is -2.29. The molecule has 0 saturated carbocycles. The monoisotopic (exact) mass is 408 g/mol. The van der Waals surface area contributed by atoms with Gasteiger partial charge in [-0.3, -0.25) is 14.0 Å². The molecule has 0 spiro atoms. The highest BCUT2D eigenvalue weighted by Gasteiger charge is 2.23. The highest BCUT2D eigenvalue weighted by Crippen LogP contribution is 2.25. The topological polar surface area (TPSA) is 94.2 Å². The Labute approximate surface area is 170 Å². The van der Waals surface area contributed by atoms with Gasteiger partial charge in [0, 0.05) is 28.4 Å². The van der Waals surface area contributed by atoms with Crippen LogP contribution in [0.1, 0.15) is 42.4 Å². The molecule has 9 heteroatoms. The van der Waals surface area contributed by atoms with Gasteiger partial charge >= 0.3 is 0 Å². The highest BCUT2D eigenvalue weighted by molar-refractivity contribution is 7.15. The summed E-state index contributed by atoms with van der Waals surface area (Å²) in [6.07, 6.45) is 4.47. The molecule has 0 radical (unpaired) electrons. The molecule has 0 atom stereocenters. The Morgan fingerprint density at radius 3 is 2.62 bits per heavy atom. The molecule has 0 bridgehead atoms. The first kappa shape index (κ1) is 19.0. The van der Waals surface area contributed by atoms with Gasteiger partial charge < -0.3 is 5.32 Å². The van der Waals surface area contributed by atoms with Gasteiger partial charge in [0.15, 0.2) is 4.96 Å². The fourth-order valence-corrected chi connectivity index (χ4v) is 4.03. The number of anilines is 1. The summed E-state index contributed by atoms with van der Waals surface area (Å²) in [6.45, 7) is 6.65. The van der Waals surface area contributed by atoms with Crippen molar-refractivity contribution in [1.82, 2.24) is 24.1 Å². The number of carbonyl (C=O) groups excluding carboxylic acids is 1. The molecule has 4 rings (SSSR count). The lowest BCUT2D eigenvalue weighted by molar-refractivity contribution is 0.102. The summed E-state index contributed by atoms with van der Waals surface area (Å²) < 4.78 is 3.24. The van der Waals surface area contributed by atoms with Crippen molar-refractivity contribution in [3.05, 3.63) is 75.7 Å². The fourth-order valence-electron chi connectivity index (χ4n) is 2.96. The highest BCUT2D eigenvalue weighted by atomic mass is 32.1. The molecule has 3 heterocycles. The van der Waals surface area contributed by atoms with Crippen molar-refractivity contribution in [2.24, 2.45) is 0 Å². The van der Waals surface area contributed by atoms with Crippen molar-refractivity contribution < 1.29 is 4.79 Å². The van der Waals surface area contributed by atoms with Crippen LogP contribution in [0.4, 0.5) is 5.69 Å². The van der Waals surface area contributed by atoms with E-state index < -0.39 is 5.91 Å². The molecule has 1 amide bonds. The van der Waals surface area contributed by atoms with Gasteiger partial charge in [-0.15, -0.1) is 11.3 Å². The minimum Gasteiger partial charge on any atom is -0.322 e. The second kappa shape index (κ2) is 7.25. The van der Waals surface area contributed by atoms with Crippen molar-refractivity contribution in [2.75, 3.05) is 5.32 Å². The molecule has 0 aliphatic heterocycles. The van der Waals surface area contributed by atoms with E-state index in [1.165, 1.54) is 28.3 Å². The number of hydrogen-bond donors (Lipinski definition) is 1. The Bertz CT molecular complexity index is 1220. The van der Waals surface area contributed by atoms with E-state index in [0.717, 1.165) is 11.3 Å². The number of thiazole rings is 1. The van der Waals surface area contributed by atoms with Gasteiger partial charge in [-0.1, -0.05) is 32.9 Å². The van der Waals surface area contributed by atoms with Crippen molar-refractivity contribution in [3.8, 4) is 0 Å². The second-order valence-corrected chi connectivity index (χ2v) is 8.55. The third kappa shape index (κ3) is 3.81. The molecule has 1 aromatic carbocycles. The number of amides is 1. The van der Waals surface area contributed by atoms with E-state index in [1.54, 1.807) is 23.1 Å². The summed E-state index contributed by atoms with van der Waals surface area (Å²) in [4.78, 5) is 34.5. The summed E-state index contributed by atoms with van der Waals surface area (Å²) in [7, 11) is 0. The van der Waals surface area contributed by atoms with Gasteiger partial charge in [-0.25, -0.2) is 14.6 Å². The Kier molecular flexibility index (Phi) is 4.75. The van der Waals surface area contributed by atoms with Crippen LogP contribution >= 0.6 is 11.3 Å². The molecule has 148 valence electrons. The number of nitrogens with zero attached hydrogens (tertiary/aromatic N) is 5. The van der Waals surface area contributed by atoms with Crippen LogP contribution in [0.5, 0.6) is 0 Å². The molecular weight excluding hydrogens is 388 g/mol. The van der Waals surface area contributed by atoms with Crippen LogP contribution in [-0.4, -0.2) is 30.1 Å². The summed E-state index contributed by atoms with van der Waals surface area (Å²) in [5.41, 5.74) is 1.87. The molecule has 29 heavy (non-hydrogen) atoms. The first-order valence-electron chi connectivity index (χ1n) is 9.05. The molecule has 0 aliphatic rings. The number of aromatic nitrogens is 5. The van der Waals surface area contributed by atoms with Gasteiger partial charge in [0.1, 0.15) is 18.2 Å². The normalized spacial score (nSPS) is 11.7. The molecule has 4 aromatic rings.